The average molecular weight is 683 g/mol. The fraction of sp³-hybridized carbons (Fsp3) is 0.0943. The van der Waals surface area contributed by atoms with E-state index in [1.165, 1.54) is 83.5 Å². The first-order valence-electron chi connectivity index (χ1n) is 18.6. The van der Waals surface area contributed by atoms with E-state index < -0.39 is 0 Å². The predicted octanol–water partition coefficient (Wildman–Crippen LogP) is 15.4. The third kappa shape index (κ3) is 8.14. The quantitative estimate of drug-likeness (QED) is 0.126. The summed E-state index contributed by atoms with van der Waals surface area (Å²) in [7, 11) is 0. The Morgan fingerprint density at radius 3 is 1.32 bits per heavy atom. The van der Waals surface area contributed by atoms with Gasteiger partial charge in [-0.15, -0.1) is 0 Å². The molecule has 0 fully saturated rings. The van der Waals surface area contributed by atoms with Gasteiger partial charge in [-0.05, 0) is 171 Å². The monoisotopic (exact) mass is 682 g/mol. The largest absolute Gasteiger partial charge is 0.0955 e. The molecule has 0 nitrogen and oxygen atoms in total. The molecule has 0 amide bonds. The van der Waals surface area contributed by atoms with Gasteiger partial charge in [-0.3, -0.25) is 0 Å². The number of allylic oxidation sites excluding steroid dienone is 5. The van der Waals surface area contributed by atoms with E-state index in [0.717, 1.165) is 17.6 Å². The number of benzene rings is 7. The molecular weight excluding hydrogens is 637 g/mol. The zero-order valence-corrected chi connectivity index (χ0v) is 31.2. The molecule has 0 heterocycles. The van der Waals surface area contributed by atoms with Gasteiger partial charge in [-0.2, -0.15) is 0 Å². The highest BCUT2D eigenvalue weighted by atomic mass is 14.2. The number of rotatable bonds is 10. The Kier molecular flexibility index (Phi) is 10.6. The van der Waals surface area contributed by atoms with Crippen LogP contribution in [0.4, 0.5) is 0 Å². The minimum atomic E-state index is 0.986. The molecule has 0 aromatic heterocycles. The Morgan fingerprint density at radius 2 is 0.849 bits per heavy atom. The normalized spacial score (nSPS) is 11.6. The summed E-state index contributed by atoms with van der Waals surface area (Å²) in [6.07, 6.45) is 7.69. The average Bonchev–Trinajstić information content (AvgIpc) is 3.21. The fourth-order valence-electron chi connectivity index (χ4n) is 7.04. The maximum atomic E-state index is 4.23. The van der Waals surface area contributed by atoms with Gasteiger partial charge in [0.05, 0.1) is 0 Å². The van der Waals surface area contributed by atoms with E-state index in [2.05, 4.69) is 216 Å². The van der Waals surface area contributed by atoms with Crippen molar-refractivity contribution < 1.29 is 0 Å². The van der Waals surface area contributed by atoms with E-state index in [1.54, 1.807) is 0 Å². The molecular formula is C53H46. The van der Waals surface area contributed by atoms with Crippen LogP contribution in [0.1, 0.15) is 43.9 Å². The lowest BCUT2D eigenvalue weighted by atomic mass is 9.88. The van der Waals surface area contributed by atoms with E-state index in [-0.39, 0.29) is 0 Å². The third-order valence-electron chi connectivity index (χ3n) is 9.90. The molecule has 258 valence electrons. The van der Waals surface area contributed by atoms with Gasteiger partial charge in [0.15, 0.2) is 0 Å². The lowest BCUT2D eigenvalue weighted by Gasteiger charge is -2.16. The summed E-state index contributed by atoms with van der Waals surface area (Å²) in [5.74, 6) is 0. The molecule has 0 heteroatoms. The predicted molar refractivity (Wildman–Crippen MR) is 232 cm³/mol. The summed E-state index contributed by atoms with van der Waals surface area (Å²) < 4.78 is 0. The van der Waals surface area contributed by atoms with Crippen molar-refractivity contribution in [3.63, 3.8) is 0 Å². The fourth-order valence-corrected chi connectivity index (χ4v) is 7.04. The van der Waals surface area contributed by atoms with Gasteiger partial charge in [-0.25, -0.2) is 0 Å². The Morgan fingerprint density at radius 1 is 0.453 bits per heavy atom. The van der Waals surface area contributed by atoms with Crippen LogP contribution in [0.3, 0.4) is 0 Å². The van der Waals surface area contributed by atoms with Crippen LogP contribution in [-0.4, -0.2) is 0 Å². The highest BCUT2D eigenvalue weighted by molar-refractivity contribution is 5.89. The zero-order chi connectivity index (χ0) is 36.7. The van der Waals surface area contributed by atoms with Crippen molar-refractivity contribution in [3.8, 4) is 66.8 Å². The van der Waals surface area contributed by atoms with Crippen molar-refractivity contribution in [1.82, 2.24) is 0 Å². The molecule has 53 heavy (non-hydrogen) atoms. The highest BCUT2D eigenvalue weighted by Crippen LogP contribution is 2.39. The van der Waals surface area contributed by atoms with Gasteiger partial charge in [0.25, 0.3) is 0 Å². The van der Waals surface area contributed by atoms with Crippen molar-refractivity contribution >= 4 is 11.1 Å². The maximum absolute atomic E-state index is 4.23. The van der Waals surface area contributed by atoms with E-state index in [4.69, 9.17) is 0 Å². The molecule has 0 aliphatic heterocycles. The summed E-state index contributed by atoms with van der Waals surface area (Å²) >= 11 is 0. The molecule has 0 aliphatic rings. The second-order valence-corrected chi connectivity index (χ2v) is 13.9. The molecule has 0 saturated carbocycles. The van der Waals surface area contributed by atoms with Gasteiger partial charge in [-0.1, -0.05) is 146 Å². The van der Waals surface area contributed by atoms with Crippen molar-refractivity contribution in [2.75, 3.05) is 0 Å². The first-order chi connectivity index (χ1) is 25.9. The molecule has 0 aliphatic carbocycles. The van der Waals surface area contributed by atoms with Crippen LogP contribution in [0.25, 0.3) is 77.9 Å². The Bertz CT molecular complexity index is 2460. The van der Waals surface area contributed by atoms with Crippen LogP contribution in [0, 0.1) is 6.92 Å². The van der Waals surface area contributed by atoms with Crippen LogP contribution < -0.4 is 0 Å². The van der Waals surface area contributed by atoms with Gasteiger partial charge in [0.2, 0.25) is 0 Å². The Hall–Kier alpha value is -6.24. The summed E-state index contributed by atoms with van der Waals surface area (Å²) in [4.78, 5) is 0. The van der Waals surface area contributed by atoms with Crippen LogP contribution in [-0.2, 0) is 0 Å². The first-order valence-corrected chi connectivity index (χ1v) is 18.6. The van der Waals surface area contributed by atoms with E-state index in [1.807, 2.05) is 0 Å². The van der Waals surface area contributed by atoms with Crippen LogP contribution >= 0.6 is 0 Å². The SMILES string of the molecule is C=C(C)c1cccc(-c2cc(C(/C=C\CC)=C/C)cc(-c3cc(-c4ccccc4)cc(-c4cc(-c5ccccc5)cc(-c5cccc(C)c5)c4)c3)c2)c1. The van der Waals surface area contributed by atoms with Crippen LogP contribution in [0.2, 0.25) is 0 Å². The van der Waals surface area contributed by atoms with Gasteiger partial charge in [0, 0.05) is 0 Å². The smallest absolute Gasteiger partial charge is 0.0171 e. The Labute approximate surface area is 316 Å². The van der Waals surface area contributed by atoms with E-state index in [9.17, 15) is 0 Å². The van der Waals surface area contributed by atoms with E-state index in [0.29, 0.717) is 0 Å². The zero-order valence-electron chi connectivity index (χ0n) is 31.2. The van der Waals surface area contributed by atoms with Gasteiger partial charge < -0.3 is 0 Å². The molecule has 0 atom stereocenters. The van der Waals surface area contributed by atoms with Crippen molar-refractivity contribution in [3.05, 3.63) is 205 Å². The van der Waals surface area contributed by atoms with Crippen molar-refractivity contribution in [1.29, 1.82) is 0 Å². The number of aryl methyl sites for hydroxylation is 1. The topological polar surface area (TPSA) is 0 Å². The molecule has 0 unspecified atom stereocenters. The number of hydrogen-bond acceptors (Lipinski definition) is 0. The molecule has 7 rings (SSSR count). The molecule has 0 N–H and O–H groups in total. The Balaban J connectivity index is 1.48. The first kappa shape index (κ1) is 35.2. The summed E-state index contributed by atoms with van der Waals surface area (Å²) in [5, 5.41) is 0. The molecule has 0 spiro atoms. The second-order valence-electron chi connectivity index (χ2n) is 13.9. The van der Waals surface area contributed by atoms with Crippen molar-refractivity contribution in [2.45, 2.75) is 34.1 Å². The minimum absolute atomic E-state index is 0.986. The number of hydrogen-bond donors (Lipinski definition) is 0. The molecule has 0 bridgehead atoms. The molecule has 7 aromatic carbocycles. The maximum Gasteiger partial charge on any atom is -0.0171 e. The molecule has 7 aromatic rings. The minimum Gasteiger partial charge on any atom is -0.0955 e. The van der Waals surface area contributed by atoms with Gasteiger partial charge in [0.1, 0.15) is 0 Å². The standard InChI is InChI=1S/C53H46/c1-6-8-18-39(7-2)45-28-49(44-25-16-23-42(27-44)37(3)4)35-50(29-45)52-32-47(41-21-13-10-14-22-41)33-53(36-52)51-31-46(40-19-11-9-12-20-40)30-48(34-51)43-24-15-17-38(5)26-43/h7-36H,3,6H2,1-2,4-5H3/b18-8-,39-7+. The molecule has 0 radical (unpaired) electrons. The summed E-state index contributed by atoms with van der Waals surface area (Å²) in [5.41, 5.74) is 20.2. The van der Waals surface area contributed by atoms with Crippen LogP contribution in [0.15, 0.2) is 189 Å². The summed E-state index contributed by atoms with van der Waals surface area (Å²) in [6, 6.07) is 60.2. The summed E-state index contributed by atoms with van der Waals surface area (Å²) in [6.45, 7) is 12.8. The molecule has 0 saturated heterocycles. The van der Waals surface area contributed by atoms with E-state index >= 15 is 0 Å². The third-order valence-corrected chi connectivity index (χ3v) is 9.90. The lowest BCUT2D eigenvalue weighted by Crippen LogP contribution is -1.92. The van der Waals surface area contributed by atoms with Crippen molar-refractivity contribution in [2.24, 2.45) is 0 Å². The van der Waals surface area contributed by atoms with Gasteiger partial charge >= 0.3 is 0 Å². The lowest BCUT2D eigenvalue weighted by molar-refractivity contribution is 1.22. The van der Waals surface area contributed by atoms with Crippen LogP contribution in [0.5, 0.6) is 0 Å². The highest BCUT2D eigenvalue weighted by Gasteiger charge is 2.14. The second kappa shape index (κ2) is 16.0.